The minimum absolute atomic E-state index is 0.0334. The van der Waals surface area contributed by atoms with Gasteiger partial charge in [-0.1, -0.05) is 28.1 Å². The zero-order valence-electron chi connectivity index (χ0n) is 12.7. The van der Waals surface area contributed by atoms with Crippen LogP contribution in [0.2, 0.25) is 0 Å². The van der Waals surface area contributed by atoms with Crippen molar-refractivity contribution in [2.75, 3.05) is 4.90 Å². The highest BCUT2D eigenvalue weighted by Crippen LogP contribution is 2.30. The molecule has 2 heterocycles. The smallest absolute Gasteiger partial charge is 0.260 e. The third-order valence-corrected chi connectivity index (χ3v) is 4.76. The van der Waals surface area contributed by atoms with Crippen molar-refractivity contribution >= 4 is 27.5 Å². The van der Waals surface area contributed by atoms with E-state index in [9.17, 15) is 4.79 Å². The summed E-state index contributed by atoms with van der Waals surface area (Å²) in [4.78, 5) is 14.9. The van der Waals surface area contributed by atoms with Gasteiger partial charge >= 0.3 is 0 Å². The minimum Gasteiger partial charge on any atom is -0.316 e. The number of hydrogen-bond donors (Lipinski definition) is 0. The van der Waals surface area contributed by atoms with Crippen molar-refractivity contribution in [3.8, 4) is 5.69 Å². The van der Waals surface area contributed by atoms with Gasteiger partial charge in [-0.2, -0.15) is 0 Å². The van der Waals surface area contributed by atoms with Gasteiger partial charge in [-0.25, -0.2) is 0 Å². The van der Waals surface area contributed by atoms with E-state index >= 15 is 0 Å². The normalized spacial score (nSPS) is 13.5. The molecule has 1 aliphatic heterocycles. The van der Waals surface area contributed by atoms with Gasteiger partial charge in [0.2, 0.25) is 0 Å². The Bertz CT molecular complexity index is 896. The van der Waals surface area contributed by atoms with Crippen LogP contribution in [0.25, 0.3) is 5.69 Å². The second-order valence-corrected chi connectivity index (χ2v) is 6.60. The molecule has 4 rings (SSSR count). The summed E-state index contributed by atoms with van der Waals surface area (Å²) in [5, 5.41) is 0. The van der Waals surface area contributed by atoms with E-state index in [1.165, 1.54) is 0 Å². The summed E-state index contributed by atoms with van der Waals surface area (Å²) in [5.41, 5.74) is 4.84. The van der Waals surface area contributed by atoms with Crippen molar-refractivity contribution in [3.63, 3.8) is 0 Å². The fourth-order valence-corrected chi connectivity index (χ4v) is 3.38. The molecule has 23 heavy (non-hydrogen) atoms. The summed E-state index contributed by atoms with van der Waals surface area (Å²) in [7, 11) is 0. The predicted octanol–water partition coefficient (Wildman–Crippen LogP) is 4.71. The number of benzene rings is 2. The van der Waals surface area contributed by atoms with Crippen molar-refractivity contribution in [2.45, 2.75) is 13.5 Å². The van der Waals surface area contributed by atoms with E-state index in [-0.39, 0.29) is 5.91 Å². The molecular weight excluding hydrogens is 352 g/mol. The molecular formula is C19H15BrN2O. The third kappa shape index (κ3) is 2.30. The molecule has 0 aliphatic carbocycles. The van der Waals surface area contributed by atoms with Crippen molar-refractivity contribution in [1.29, 1.82) is 0 Å². The number of aryl methyl sites for hydroxylation is 1. The van der Waals surface area contributed by atoms with Crippen LogP contribution < -0.4 is 4.90 Å². The third-order valence-electron chi connectivity index (χ3n) is 4.24. The first-order valence-corrected chi connectivity index (χ1v) is 8.28. The largest absolute Gasteiger partial charge is 0.316 e. The Hall–Kier alpha value is -2.33. The van der Waals surface area contributed by atoms with Crippen LogP contribution in [0.15, 0.2) is 65.1 Å². The molecule has 0 N–H and O–H groups in total. The van der Waals surface area contributed by atoms with Crippen LogP contribution in [-0.2, 0) is 6.54 Å². The highest BCUT2D eigenvalue weighted by Gasteiger charge is 2.27. The average molecular weight is 367 g/mol. The highest BCUT2D eigenvalue weighted by atomic mass is 79.9. The SMILES string of the molecule is Cc1ccc2n1-c1ccccc1C(=O)N(c1ccc(Br)cc1)C2. The van der Waals surface area contributed by atoms with Gasteiger partial charge in [0.05, 0.1) is 17.8 Å². The van der Waals surface area contributed by atoms with Gasteiger partial charge < -0.3 is 9.47 Å². The number of carbonyl (C=O) groups excluding carboxylic acids is 1. The molecule has 1 amide bonds. The molecule has 0 bridgehead atoms. The van der Waals surface area contributed by atoms with E-state index < -0.39 is 0 Å². The molecule has 114 valence electrons. The number of anilines is 1. The first-order valence-electron chi connectivity index (χ1n) is 7.49. The maximum atomic E-state index is 13.1. The van der Waals surface area contributed by atoms with E-state index in [1.807, 2.05) is 53.4 Å². The molecule has 0 fully saturated rings. The number of fused-ring (bicyclic) bond motifs is 3. The Balaban J connectivity index is 1.93. The first-order chi connectivity index (χ1) is 11.1. The molecule has 0 saturated carbocycles. The monoisotopic (exact) mass is 366 g/mol. The standard InChI is InChI=1S/C19H15BrN2O/c1-13-6-9-16-12-21(15-10-7-14(20)8-11-15)19(23)17-4-2-3-5-18(17)22(13)16/h2-11H,12H2,1H3. The molecule has 0 unspecified atom stereocenters. The zero-order chi connectivity index (χ0) is 16.0. The van der Waals surface area contributed by atoms with Crippen LogP contribution in [-0.4, -0.2) is 10.5 Å². The van der Waals surface area contributed by atoms with Crippen molar-refractivity contribution in [1.82, 2.24) is 4.57 Å². The maximum Gasteiger partial charge on any atom is 0.260 e. The summed E-state index contributed by atoms with van der Waals surface area (Å²) in [6.45, 7) is 2.63. The van der Waals surface area contributed by atoms with Gasteiger partial charge in [0.25, 0.3) is 5.91 Å². The maximum absolute atomic E-state index is 13.1. The lowest BCUT2D eigenvalue weighted by Gasteiger charge is -2.21. The van der Waals surface area contributed by atoms with Gasteiger partial charge in [-0.05, 0) is 55.5 Å². The quantitative estimate of drug-likeness (QED) is 0.612. The number of para-hydroxylation sites is 1. The topological polar surface area (TPSA) is 25.2 Å². The van der Waals surface area contributed by atoms with E-state index in [0.29, 0.717) is 6.54 Å². The minimum atomic E-state index is 0.0334. The molecule has 3 aromatic rings. The molecule has 0 radical (unpaired) electrons. The highest BCUT2D eigenvalue weighted by molar-refractivity contribution is 9.10. The second kappa shape index (κ2) is 5.39. The number of nitrogens with zero attached hydrogens (tertiary/aromatic N) is 2. The lowest BCUT2D eigenvalue weighted by Crippen LogP contribution is -2.29. The Morgan fingerprint density at radius 3 is 2.48 bits per heavy atom. The molecule has 4 heteroatoms. The van der Waals surface area contributed by atoms with Crippen LogP contribution in [0.1, 0.15) is 21.7 Å². The van der Waals surface area contributed by atoms with E-state index in [0.717, 1.165) is 32.8 Å². The Labute approximate surface area is 143 Å². The number of aromatic nitrogens is 1. The van der Waals surface area contributed by atoms with Crippen molar-refractivity contribution in [2.24, 2.45) is 0 Å². The number of rotatable bonds is 1. The molecule has 1 aliphatic rings. The summed E-state index contributed by atoms with van der Waals surface area (Å²) in [5.74, 6) is 0.0334. The summed E-state index contributed by atoms with van der Waals surface area (Å²) >= 11 is 3.45. The van der Waals surface area contributed by atoms with Crippen LogP contribution >= 0.6 is 15.9 Å². The lowest BCUT2D eigenvalue weighted by molar-refractivity contribution is 0.0986. The number of amides is 1. The Morgan fingerprint density at radius 2 is 1.70 bits per heavy atom. The average Bonchev–Trinajstić information content (AvgIpc) is 2.87. The Morgan fingerprint density at radius 1 is 0.957 bits per heavy atom. The Kier molecular flexibility index (Phi) is 3.34. The van der Waals surface area contributed by atoms with Crippen molar-refractivity contribution < 1.29 is 4.79 Å². The molecule has 1 aromatic heterocycles. The van der Waals surface area contributed by atoms with Gasteiger partial charge in [0.1, 0.15) is 0 Å². The van der Waals surface area contributed by atoms with Gasteiger partial charge in [-0.15, -0.1) is 0 Å². The number of carbonyl (C=O) groups is 1. The van der Waals surface area contributed by atoms with Crippen molar-refractivity contribution in [3.05, 3.63) is 82.1 Å². The molecule has 0 atom stereocenters. The molecule has 0 saturated heterocycles. The van der Waals surface area contributed by atoms with Crippen LogP contribution in [0.5, 0.6) is 0 Å². The fraction of sp³-hybridized carbons (Fsp3) is 0.105. The van der Waals surface area contributed by atoms with Gasteiger partial charge in [-0.3, -0.25) is 4.79 Å². The zero-order valence-corrected chi connectivity index (χ0v) is 14.2. The fourth-order valence-electron chi connectivity index (χ4n) is 3.12. The van der Waals surface area contributed by atoms with E-state index in [2.05, 4.69) is 39.6 Å². The van der Waals surface area contributed by atoms with Crippen LogP contribution in [0.4, 0.5) is 5.69 Å². The van der Waals surface area contributed by atoms with Crippen LogP contribution in [0.3, 0.4) is 0 Å². The second-order valence-electron chi connectivity index (χ2n) is 5.69. The van der Waals surface area contributed by atoms with E-state index in [1.54, 1.807) is 0 Å². The lowest BCUT2D eigenvalue weighted by atomic mass is 10.1. The summed E-state index contributed by atoms with van der Waals surface area (Å²) < 4.78 is 3.18. The number of hydrogen-bond acceptors (Lipinski definition) is 1. The van der Waals surface area contributed by atoms with E-state index in [4.69, 9.17) is 0 Å². The predicted molar refractivity (Wildman–Crippen MR) is 95.2 cm³/mol. The van der Waals surface area contributed by atoms with Crippen LogP contribution in [0, 0.1) is 6.92 Å². The van der Waals surface area contributed by atoms with Gasteiger partial charge in [0.15, 0.2) is 0 Å². The summed E-state index contributed by atoms with van der Waals surface area (Å²) in [6, 6.07) is 19.9. The molecule has 3 nitrogen and oxygen atoms in total. The first kappa shape index (κ1) is 14.3. The molecule has 0 spiro atoms. The molecule has 2 aromatic carbocycles. The van der Waals surface area contributed by atoms with Gasteiger partial charge in [0, 0.05) is 21.5 Å². The number of halogens is 1. The summed E-state index contributed by atoms with van der Waals surface area (Å²) in [6.07, 6.45) is 0.